The Balaban J connectivity index is 1.94. The minimum Gasteiger partial charge on any atom is -0.365 e. The molecule has 1 aromatic rings. The summed E-state index contributed by atoms with van der Waals surface area (Å²) in [5.74, 6) is 1.05. The molecule has 2 N–H and O–H groups in total. The number of anilines is 1. The quantitative estimate of drug-likeness (QED) is 0.766. The Hall–Kier alpha value is -1.36. The molecule has 1 unspecified atom stereocenters. The van der Waals surface area contributed by atoms with Crippen molar-refractivity contribution < 1.29 is 0 Å². The topological polar surface area (TPSA) is 59.0 Å². The van der Waals surface area contributed by atoms with Crippen LogP contribution in [0, 0.1) is 5.92 Å². The Morgan fingerprint density at radius 1 is 1.69 bits per heavy atom. The Labute approximate surface area is 94.9 Å². The summed E-state index contributed by atoms with van der Waals surface area (Å²) in [5, 5.41) is 6.49. The molecule has 0 saturated carbocycles. The second-order valence-electron chi connectivity index (χ2n) is 4.29. The third-order valence-corrected chi connectivity index (χ3v) is 2.97. The second-order valence-corrected chi connectivity index (χ2v) is 4.29. The largest absolute Gasteiger partial charge is 0.365 e. The maximum atomic E-state index is 11.7. The zero-order valence-corrected chi connectivity index (χ0v) is 9.57. The molecule has 2 heterocycles. The van der Waals surface area contributed by atoms with Crippen molar-refractivity contribution in [1.82, 2.24) is 14.9 Å². The van der Waals surface area contributed by atoms with E-state index in [0.717, 1.165) is 19.6 Å². The van der Waals surface area contributed by atoms with E-state index in [0.29, 0.717) is 11.7 Å². The summed E-state index contributed by atoms with van der Waals surface area (Å²) in [5.41, 5.74) is -0.0636. The van der Waals surface area contributed by atoms with Crippen molar-refractivity contribution in [2.24, 2.45) is 13.0 Å². The van der Waals surface area contributed by atoms with Gasteiger partial charge in [-0.05, 0) is 31.8 Å². The van der Waals surface area contributed by atoms with E-state index in [1.807, 2.05) is 0 Å². The summed E-state index contributed by atoms with van der Waals surface area (Å²) in [6, 6.07) is 0. The molecule has 0 bridgehead atoms. The Morgan fingerprint density at radius 3 is 3.31 bits per heavy atom. The van der Waals surface area contributed by atoms with Crippen LogP contribution in [-0.2, 0) is 7.05 Å². The van der Waals surface area contributed by atoms with E-state index in [1.54, 1.807) is 19.4 Å². The summed E-state index contributed by atoms with van der Waals surface area (Å²) in [4.78, 5) is 15.7. The predicted molar refractivity (Wildman–Crippen MR) is 63.6 cm³/mol. The molecule has 0 spiro atoms. The molecular weight excluding hydrogens is 204 g/mol. The fraction of sp³-hybridized carbons (Fsp3) is 0.636. The van der Waals surface area contributed by atoms with E-state index in [2.05, 4.69) is 15.6 Å². The van der Waals surface area contributed by atoms with Crippen molar-refractivity contribution in [3.8, 4) is 0 Å². The minimum atomic E-state index is -0.0636. The first-order valence-corrected chi connectivity index (χ1v) is 5.73. The number of hydrogen-bond acceptors (Lipinski definition) is 4. The van der Waals surface area contributed by atoms with Gasteiger partial charge in [-0.25, -0.2) is 4.98 Å². The third-order valence-electron chi connectivity index (χ3n) is 2.97. The first kappa shape index (κ1) is 11.1. The summed E-state index contributed by atoms with van der Waals surface area (Å²) in [7, 11) is 1.73. The lowest BCUT2D eigenvalue weighted by atomic mass is 10.00. The minimum absolute atomic E-state index is 0.0636. The fourth-order valence-corrected chi connectivity index (χ4v) is 1.96. The van der Waals surface area contributed by atoms with Crippen LogP contribution in [0.3, 0.4) is 0 Å². The predicted octanol–water partition coefficient (Wildman–Crippen LogP) is 0.192. The molecular formula is C11H18N4O. The van der Waals surface area contributed by atoms with Gasteiger partial charge in [0, 0.05) is 26.0 Å². The molecule has 88 valence electrons. The Kier molecular flexibility index (Phi) is 3.56. The molecule has 1 atom stereocenters. The molecule has 0 aliphatic carbocycles. The van der Waals surface area contributed by atoms with Crippen LogP contribution in [0.5, 0.6) is 0 Å². The Morgan fingerprint density at radius 2 is 2.56 bits per heavy atom. The van der Waals surface area contributed by atoms with Gasteiger partial charge in [0.2, 0.25) is 0 Å². The molecule has 1 fully saturated rings. The van der Waals surface area contributed by atoms with E-state index in [4.69, 9.17) is 0 Å². The van der Waals surface area contributed by atoms with Gasteiger partial charge in [-0.2, -0.15) is 0 Å². The molecule has 0 radical (unpaired) electrons. The second kappa shape index (κ2) is 5.12. The van der Waals surface area contributed by atoms with Crippen LogP contribution < -0.4 is 16.2 Å². The monoisotopic (exact) mass is 222 g/mol. The third kappa shape index (κ3) is 2.61. The standard InChI is InChI=1S/C11H18N4O/c1-15-6-5-13-10(11(15)16)14-8-9-3-2-4-12-7-9/h5-6,9,12H,2-4,7-8H2,1H3,(H,13,14). The number of nitrogens with one attached hydrogen (secondary N) is 2. The molecule has 1 aromatic heterocycles. The van der Waals surface area contributed by atoms with Gasteiger partial charge in [-0.3, -0.25) is 4.79 Å². The number of nitrogens with zero attached hydrogens (tertiary/aromatic N) is 2. The van der Waals surface area contributed by atoms with Gasteiger partial charge in [-0.1, -0.05) is 0 Å². The first-order chi connectivity index (χ1) is 7.77. The van der Waals surface area contributed by atoms with Gasteiger partial charge >= 0.3 is 0 Å². The van der Waals surface area contributed by atoms with E-state index >= 15 is 0 Å². The van der Waals surface area contributed by atoms with Gasteiger partial charge in [0.1, 0.15) is 0 Å². The highest BCUT2D eigenvalue weighted by molar-refractivity contribution is 5.30. The molecule has 1 aliphatic heterocycles. The van der Waals surface area contributed by atoms with E-state index < -0.39 is 0 Å². The molecule has 1 saturated heterocycles. The van der Waals surface area contributed by atoms with Crippen LogP contribution in [0.15, 0.2) is 17.2 Å². The van der Waals surface area contributed by atoms with Crippen molar-refractivity contribution >= 4 is 5.82 Å². The highest BCUT2D eigenvalue weighted by Crippen LogP contribution is 2.09. The van der Waals surface area contributed by atoms with Crippen molar-refractivity contribution in [3.63, 3.8) is 0 Å². The lowest BCUT2D eigenvalue weighted by Gasteiger charge is -2.22. The first-order valence-electron chi connectivity index (χ1n) is 5.73. The van der Waals surface area contributed by atoms with Crippen molar-refractivity contribution in [3.05, 3.63) is 22.7 Å². The number of aromatic nitrogens is 2. The Bertz CT molecular complexity index is 395. The van der Waals surface area contributed by atoms with Crippen molar-refractivity contribution in [2.75, 3.05) is 25.0 Å². The average molecular weight is 222 g/mol. The SMILES string of the molecule is Cn1ccnc(NCC2CCCNC2)c1=O. The molecule has 1 aliphatic rings. The maximum absolute atomic E-state index is 11.7. The van der Waals surface area contributed by atoms with Crippen LogP contribution >= 0.6 is 0 Å². The van der Waals surface area contributed by atoms with Gasteiger partial charge in [0.05, 0.1) is 0 Å². The average Bonchev–Trinajstić information content (AvgIpc) is 2.32. The van der Waals surface area contributed by atoms with Gasteiger partial charge in [0.15, 0.2) is 5.82 Å². The molecule has 0 aromatic carbocycles. The van der Waals surface area contributed by atoms with Crippen LogP contribution in [0.25, 0.3) is 0 Å². The molecule has 5 heteroatoms. The molecule has 0 amide bonds. The van der Waals surface area contributed by atoms with Gasteiger partial charge < -0.3 is 15.2 Å². The van der Waals surface area contributed by atoms with E-state index in [9.17, 15) is 4.79 Å². The van der Waals surface area contributed by atoms with Crippen molar-refractivity contribution in [1.29, 1.82) is 0 Å². The lowest BCUT2D eigenvalue weighted by Crippen LogP contribution is -2.34. The highest BCUT2D eigenvalue weighted by Gasteiger charge is 2.13. The number of piperidine rings is 1. The van der Waals surface area contributed by atoms with Crippen LogP contribution in [0.4, 0.5) is 5.82 Å². The zero-order valence-electron chi connectivity index (χ0n) is 9.57. The molecule has 2 rings (SSSR count). The lowest BCUT2D eigenvalue weighted by molar-refractivity contribution is 0.392. The maximum Gasteiger partial charge on any atom is 0.293 e. The highest BCUT2D eigenvalue weighted by atomic mass is 16.1. The van der Waals surface area contributed by atoms with E-state index in [-0.39, 0.29) is 5.56 Å². The van der Waals surface area contributed by atoms with Gasteiger partial charge in [-0.15, -0.1) is 0 Å². The summed E-state index contributed by atoms with van der Waals surface area (Å²) < 4.78 is 1.54. The van der Waals surface area contributed by atoms with Crippen molar-refractivity contribution in [2.45, 2.75) is 12.8 Å². The van der Waals surface area contributed by atoms with Crippen LogP contribution in [0.2, 0.25) is 0 Å². The van der Waals surface area contributed by atoms with Crippen LogP contribution in [0.1, 0.15) is 12.8 Å². The molecule has 16 heavy (non-hydrogen) atoms. The summed E-state index contributed by atoms with van der Waals surface area (Å²) in [6.07, 6.45) is 5.73. The smallest absolute Gasteiger partial charge is 0.293 e. The summed E-state index contributed by atoms with van der Waals surface area (Å²) in [6.45, 7) is 2.96. The number of hydrogen-bond donors (Lipinski definition) is 2. The normalized spacial score (nSPS) is 20.7. The van der Waals surface area contributed by atoms with E-state index in [1.165, 1.54) is 17.4 Å². The summed E-state index contributed by atoms with van der Waals surface area (Å²) >= 11 is 0. The number of aryl methyl sites for hydroxylation is 1. The zero-order chi connectivity index (χ0) is 11.4. The van der Waals surface area contributed by atoms with Crippen LogP contribution in [-0.4, -0.2) is 29.2 Å². The van der Waals surface area contributed by atoms with Gasteiger partial charge in [0.25, 0.3) is 5.56 Å². The molecule has 5 nitrogen and oxygen atoms in total. The fourth-order valence-electron chi connectivity index (χ4n) is 1.96. The number of rotatable bonds is 3.